The molecular formula is C12H15IN2O3S. The van der Waals surface area contributed by atoms with Crippen molar-refractivity contribution < 1.29 is 13.2 Å². The molecule has 1 saturated heterocycles. The summed E-state index contributed by atoms with van der Waals surface area (Å²) in [6.07, 6.45) is 1.35. The molecule has 1 aliphatic heterocycles. The van der Waals surface area contributed by atoms with E-state index in [2.05, 4.69) is 32.5 Å². The normalized spacial score (nSPS) is 16.2. The average Bonchev–Trinajstić information content (AvgIpc) is 2.46. The van der Waals surface area contributed by atoms with Crippen molar-refractivity contribution in [2.45, 2.75) is 22.2 Å². The van der Waals surface area contributed by atoms with Crippen LogP contribution in [0, 0.1) is 0 Å². The van der Waals surface area contributed by atoms with Crippen molar-refractivity contribution in [3.8, 4) is 0 Å². The summed E-state index contributed by atoms with van der Waals surface area (Å²) in [6, 6.07) is 6.81. The molecule has 1 aromatic rings. The Kier molecular flexibility index (Phi) is 5.17. The standard InChI is InChI=1S/C12H15IN2O3S/c13-9-10-1-3-12(4-2-10)19(16,17)15-14-11-5-7-18-8-6-11/h1-4,15H,5-9H2. The van der Waals surface area contributed by atoms with E-state index in [1.54, 1.807) is 12.1 Å². The third kappa shape index (κ3) is 4.15. The minimum atomic E-state index is -3.57. The van der Waals surface area contributed by atoms with Gasteiger partial charge in [0.1, 0.15) is 0 Å². The molecule has 0 aliphatic carbocycles. The van der Waals surface area contributed by atoms with Crippen LogP contribution >= 0.6 is 22.6 Å². The smallest absolute Gasteiger partial charge is 0.276 e. The van der Waals surface area contributed by atoms with Crippen LogP contribution in [0.1, 0.15) is 18.4 Å². The quantitative estimate of drug-likeness (QED) is 0.483. The monoisotopic (exact) mass is 394 g/mol. The Bertz CT molecular complexity index is 547. The van der Waals surface area contributed by atoms with Gasteiger partial charge in [-0.05, 0) is 17.7 Å². The van der Waals surface area contributed by atoms with Crippen LogP contribution in [0.5, 0.6) is 0 Å². The molecule has 0 aromatic heterocycles. The highest BCUT2D eigenvalue weighted by Gasteiger charge is 2.14. The van der Waals surface area contributed by atoms with Crippen LogP contribution in [-0.4, -0.2) is 27.3 Å². The molecule has 0 radical (unpaired) electrons. The maximum Gasteiger partial charge on any atom is 0.276 e. The molecular weight excluding hydrogens is 379 g/mol. The molecule has 1 fully saturated rings. The summed E-state index contributed by atoms with van der Waals surface area (Å²) in [5.74, 6) is 0. The number of nitrogens with one attached hydrogen (secondary N) is 1. The summed E-state index contributed by atoms with van der Waals surface area (Å²) < 4.78 is 30.1. The highest BCUT2D eigenvalue weighted by molar-refractivity contribution is 14.1. The Labute approximate surface area is 126 Å². The lowest BCUT2D eigenvalue weighted by atomic mass is 10.2. The first-order valence-electron chi connectivity index (χ1n) is 5.92. The fourth-order valence-electron chi connectivity index (χ4n) is 1.65. The Balaban J connectivity index is 2.08. The van der Waals surface area contributed by atoms with Crippen LogP contribution in [0.15, 0.2) is 34.3 Å². The molecule has 0 unspecified atom stereocenters. The van der Waals surface area contributed by atoms with Gasteiger partial charge in [0.2, 0.25) is 0 Å². The van der Waals surface area contributed by atoms with E-state index in [-0.39, 0.29) is 4.90 Å². The molecule has 0 bridgehead atoms. The Morgan fingerprint density at radius 2 is 1.84 bits per heavy atom. The molecule has 0 atom stereocenters. The molecule has 2 rings (SSSR count). The number of sulfonamides is 1. The summed E-state index contributed by atoms with van der Waals surface area (Å²) in [5, 5.41) is 3.97. The predicted octanol–water partition coefficient (Wildman–Crippen LogP) is 2.07. The highest BCUT2D eigenvalue weighted by Crippen LogP contribution is 2.13. The lowest BCUT2D eigenvalue weighted by Gasteiger charge is -2.13. The number of hydrazone groups is 1. The van der Waals surface area contributed by atoms with Crippen molar-refractivity contribution in [3.63, 3.8) is 0 Å². The zero-order valence-electron chi connectivity index (χ0n) is 10.3. The number of hydrogen-bond donors (Lipinski definition) is 1. The summed E-state index contributed by atoms with van der Waals surface area (Å²) in [6.45, 7) is 1.20. The lowest BCUT2D eigenvalue weighted by Crippen LogP contribution is -2.23. The SMILES string of the molecule is O=S(=O)(NN=C1CCOCC1)c1ccc(CI)cc1. The molecule has 0 saturated carbocycles. The number of ether oxygens (including phenoxy) is 1. The van der Waals surface area contributed by atoms with E-state index >= 15 is 0 Å². The number of rotatable bonds is 4. The lowest BCUT2D eigenvalue weighted by molar-refractivity contribution is 0.134. The van der Waals surface area contributed by atoms with E-state index in [4.69, 9.17) is 4.74 Å². The Morgan fingerprint density at radius 3 is 2.42 bits per heavy atom. The Morgan fingerprint density at radius 1 is 1.21 bits per heavy atom. The Hall–Kier alpha value is -0.670. The van der Waals surface area contributed by atoms with Gasteiger partial charge in [-0.15, -0.1) is 0 Å². The summed E-state index contributed by atoms with van der Waals surface area (Å²) in [5.41, 5.74) is 1.93. The van der Waals surface area contributed by atoms with Crippen LogP contribution in [-0.2, 0) is 19.2 Å². The second kappa shape index (κ2) is 6.67. The van der Waals surface area contributed by atoms with Crippen molar-refractivity contribution in [1.29, 1.82) is 0 Å². The van der Waals surface area contributed by atoms with Gasteiger partial charge >= 0.3 is 0 Å². The molecule has 1 aromatic carbocycles. The summed E-state index contributed by atoms with van der Waals surface area (Å²) in [4.78, 5) is 2.52. The van der Waals surface area contributed by atoms with Crippen molar-refractivity contribution in [1.82, 2.24) is 4.83 Å². The van der Waals surface area contributed by atoms with Crippen molar-refractivity contribution in [2.75, 3.05) is 13.2 Å². The summed E-state index contributed by atoms with van der Waals surface area (Å²) in [7, 11) is -3.57. The van der Waals surface area contributed by atoms with E-state index < -0.39 is 10.0 Å². The van der Waals surface area contributed by atoms with Gasteiger partial charge in [-0.25, -0.2) is 4.83 Å². The predicted molar refractivity (Wildman–Crippen MR) is 82.0 cm³/mol. The van der Waals surface area contributed by atoms with Gasteiger partial charge in [-0.3, -0.25) is 0 Å². The van der Waals surface area contributed by atoms with E-state index in [0.29, 0.717) is 26.1 Å². The van der Waals surface area contributed by atoms with Crippen molar-refractivity contribution in [3.05, 3.63) is 29.8 Å². The van der Waals surface area contributed by atoms with Gasteiger partial charge in [0, 0.05) is 23.0 Å². The molecule has 1 N–H and O–H groups in total. The molecule has 104 valence electrons. The fraction of sp³-hybridized carbons (Fsp3) is 0.417. The maximum atomic E-state index is 12.0. The van der Waals surface area contributed by atoms with E-state index in [9.17, 15) is 8.42 Å². The van der Waals surface area contributed by atoms with Crippen LogP contribution < -0.4 is 4.83 Å². The van der Waals surface area contributed by atoms with Gasteiger partial charge in [0.25, 0.3) is 10.0 Å². The molecule has 19 heavy (non-hydrogen) atoms. The van der Waals surface area contributed by atoms with Crippen LogP contribution in [0.2, 0.25) is 0 Å². The van der Waals surface area contributed by atoms with Gasteiger partial charge in [-0.1, -0.05) is 34.7 Å². The second-order valence-electron chi connectivity index (χ2n) is 4.16. The first-order valence-corrected chi connectivity index (χ1v) is 8.92. The third-order valence-corrected chi connectivity index (χ3v) is 4.89. The van der Waals surface area contributed by atoms with Crippen LogP contribution in [0.3, 0.4) is 0 Å². The van der Waals surface area contributed by atoms with E-state index in [0.717, 1.165) is 15.7 Å². The fourth-order valence-corrected chi connectivity index (χ4v) is 3.01. The minimum absolute atomic E-state index is 0.234. The molecule has 1 aliphatic rings. The first kappa shape index (κ1) is 14.7. The third-order valence-electron chi connectivity index (χ3n) is 2.78. The van der Waals surface area contributed by atoms with Crippen molar-refractivity contribution in [2.24, 2.45) is 5.10 Å². The number of nitrogens with zero attached hydrogens (tertiary/aromatic N) is 1. The van der Waals surface area contributed by atoms with Crippen LogP contribution in [0.4, 0.5) is 0 Å². The van der Waals surface area contributed by atoms with Crippen LogP contribution in [0.25, 0.3) is 0 Å². The maximum absolute atomic E-state index is 12.0. The first-order chi connectivity index (χ1) is 9.12. The molecule has 5 nitrogen and oxygen atoms in total. The molecule has 1 heterocycles. The number of halogens is 1. The van der Waals surface area contributed by atoms with Gasteiger partial charge in [0.15, 0.2) is 0 Å². The average molecular weight is 394 g/mol. The summed E-state index contributed by atoms with van der Waals surface area (Å²) >= 11 is 2.23. The largest absolute Gasteiger partial charge is 0.381 e. The minimum Gasteiger partial charge on any atom is -0.381 e. The second-order valence-corrected chi connectivity index (χ2v) is 6.59. The number of benzene rings is 1. The van der Waals surface area contributed by atoms with E-state index in [1.165, 1.54) is 0 Å². The zero-order valence-corrected chi connectivity index (χ0v) is 13.3. The number of hydrogen-bond acceptors (Lipinski definition) is 4. The zero-order chi connectivity index (χ0) is 13.7. The van der Waals surface area contributed by atoms with Crippen molar-refractivity contribution >= 4 is 38.3 Å². The van der Waals surface area contributed by atoms with Gasteiger partial charge < -0.3 is 4.74 Å². The van der Waals surface area contributed by atoms with Gasteiger partial charge in [0.05, 0.1) is 18.1 Å². The topological polar surface area (TPSA) is 67.8 Å². The van der Waals surface area contributed by atoms with Gasteiger partial charge in [-0.2, -0.15) is 13.5 Å². The number of alkyl halides is 1. The van der Waals surface area contributed by atoms with E-state index in [1.807, 2.05) is 12.1 Å². The highest BCUT2D eigenvalue weighted by atomic mass is 127. The molecule has 0 spiro atoms. The molecule has 0 amide bonds. The molecule has 7 heteroatoms.